The second kappa shape index (κ2) is 7.22. The molecule has 1 aromatic heterocycles. The molecule has 4 nitrogen and oxygen atoms in total. The molecule has 152 valence electrons. The second-order valence-electron chi connectivity index (χ2n) is 6.52. The topological polar surface area (TPSA) is 62.5 Å². The summed E-state index contributed by atoms with van der Waals surface area (Å²) in [7, 11) is 0. The fraction of sp³-hybridized carbons (Fsp3) is 0.0455. The SMILES string of the molecule is O=C(Nc1cccc(C(F)(F)F)c1)c1cc(-c2ccc(F)cc2)c2occc2c1O. The third kappa shape index (κ3) is 3.59. The molecule has 0 fully saturated rings. The molecule has 8 heteroatoms. The number of amides is 1. The number of carbonyl (C=O) groups excluding carboxylic acids is 1. The van der Waals surface area contributed by atoms with Gasteiger partial charge in [0.25, 0.3) is 5.91 Å². The number of hydrogen-bond acceptors (Lipinski definition) is 3. The van der Waals surface area contributed by atoms with Crippen molar-refractivity contribution in [1.29, 1.82) is 0 Å². The van der Waals surface area contributed by atoms with E-state index in [1.807, 2.05) is 0 Å². The van der Waals surface area contributed by atoms with Crippen LogP contribution in [0.25, 0.3) is 22.1 Å². The smallest absolute Gasteiger partial charge is 0.416 e. The van der Waals surface area contributed by atoms with Crippen LogP contribution in [0.3, 0.4) is 0 Å². The molecule has 4 rings (SSSR count). The van der Waals surface area contributed by atoms with Crippen molar-refractivity contribution in [3.63, 3.8) is 0 Å². The Hall–Kier alpha value is -3.81. The van der Waals surface area contributed by atoms with Crippen LogP contribution in [0, 0.1) is 5.82 Å². The normalized spacial score (nSPS) is 11.6. The lowest BCUT2D eigenvalue weighted by atomic mass is 9.99. The lowest BCUT2D eigenvalue weighted by Crippen LogP contribution is -2.13. The molecule has 0 saturated carbocycles. The second-order valence-corrected chi connectivity index (χ2v) is 6.52. The number of carbonyl (C=O) groups is 1. The largest absolute Gasteiger partial charge is 0.506 e. The van der Waals surface area contributed by atoms with E-state index in [1.54, 1.807) is 0 Å². The highest BCUT2D eigenvalue weighted by Gasteiger charge is 2.30. The molecule has 0 radical (unpaired) electrons. The van der Waals surface area contributed by atoms with Gasteiger partial charge >= 0.3 is 6.18 Å². The van der Waals surface area contributed by atoms with Crippen molar-refractivity contribution in [2.24, 2.45) is 0 Å². The first-order valence-corrected chi connectivity index (χ1v) is 8.72. The molecular formula is C22H13F4NO3. The van der Waals surface area contributed by atoms with Crippen LogP contribution in [-0.4, -0.2) is 11.0 Å². The van der Waals surface area contributed by atoms with Crippen LogP contribution in [0.5, 0.6) is 5.75 Å². The van der Waals surface area contributed by atoms with Gasteiger partial charge in [0, 0.05) is 11.3 Å². The number of alkyl halides is 3. The molecule has 1 amide bonds. The molecule has 0 atom stereocenters. The maximum atomic E-state index is 13.3. The summed E-state index contributed by atoms with van der Waals surface area (Å²) in [4.78, 5) is 12.8. The summed E-state index contributed by atoms with van der Waals surface area (Å²) < 4.78 is 57.4. The average molecular weight is 415 g/mol. The highest BCUT2D eigenvalue weighted by Crippen LogP contribution is 2.38. The van der Waals surface area contributed by atoms with Gasteiger partial charge in [0.1, 0.15) is 17.1 Å². The Morgan fingerprint density at radius 1 is 1.00 bits per heavy atom. The minimum atomic E-state index is -4.56. The molecular weight excluding hydrogens is 402 g/mol. The summed E-state index contributed by atoms with van der Waals surface area (Å²) in [6.45, 7) is 0. The predicted molar refractivity (Wildman–Crippen MR) is 103 cm³/mol. The Labute approximate surface area is 167 Å². The van der Waals surface area contributed by atoms with Crippen LogP contribution in [0.4, 0.5) is 23.2 Å². The molecule has 0 saturated heterocycles. The molecule has 0 bridgehead atoms. The summed E-state index contributed by atoms with van der Waals surface area (Å²) in [6, 6.07) is 12.4. The van der Waals surface area contributed by atoms with Gasteiger partial charge in [0.2, 0.25) is 0 Å². The Kier molecular flexibility index (Phi) is 4.69. The first-order chi connectivity index (χ1) is 14.2. The minimum absolute atomic E-state index is 0.0788. The molecule has 0 unspecified atom stereocenters. The van der Waals surface area contributed by atoms with Gasteiger partial charge in [-0.05, 0) is 48.0 Å². The van der Waals surface area contributed by atoms with Gasteiger partial charge in [-0.15, -0.1) is 0 Å². The lowest BCUT2D eigenvalue weighted by Gasteiger charge is -2.12. The minimum Gasteiger partial charge on any atom is -0.506 e. The Morgan fingerprint density at radius 3 is 2.43 bits per heavy atom. The quantitative estimate of drug-likeness (QED) is 0.391. The van der Waals surface area contributed by atoms with Crippen LogP contribution < -0.4 is 5.32 Å². The summed E-state index contributed by atoms with van der Waals surface area (Å²) in [5.41, 5.74) is 0.0773. The van der Waals surface area contributed by atoms with Crippen molar-refractivity contribution in [1.82, 2.24) is 0 Å². The number of fused-ring (bicyclic) bond motifs is 1. The zero-order valence-electron chi connectivity index (χ0n) is 15.1. The summed E-state index contributed by atoms with van der Waals surface area (Å²) >= 11 is 0. The number of halogens is 4. The number of rotatable bonds is 3. The van der Waals surface area contributed by atoms with Gasteiger partial charge < -0.3 is 14.8 Å². The number of anilines is 1. The first-order valence-electron chi connectivity index (χ1n) is 8.72. The zero-order chi connectivity index (χ0) is 21.5. The van der Waals surface area contributed by atoms with E-state index in [4.69, 9.17) is 4.42 Å². The van der Waals surface area contributed by atoms with Crippen molar-refractivity contribution in [3.05, 3.63) is 83.9 Å². The van der Waals surface area contributed by atoms with E-state index in [0.29, 0.717) is 11.1 Å². The van der Waals surface area contributed by atoms with Crippen LogP contribution >= 0.6 is 0 Å². The number of phenols is 1. The summed E-state index contributed by atoms with van der Waals surface area (Å²) in [6.07, 6.45) is -3.24. The van der Waals surface area contributed by atoms with E-state index >= 15 is 0 Å². The molecule has 1 heterocycles. The maximum Gasteiger partial charge on any atom is 0.416 e. The van der Waals surface area contributed by atoms with Gasteiger partial charge in [0.05, 0.1) is 22.8 Å². The molecule has 0 spiro atoms. The average Bonchev–Trinajstić information content (AvgIpc) is 3.19. The fourth-order valence-corrected chi connectivity index (χ4v) is 3.12. The molecule has 4 aromatic rings. The summed E-state index contributed by atoms with van der Waals surface area (Å²) in [5.74, 6) is -1.64. The van der Waals surface area contributed by atoms with Gasteiger partial charge in [-0.3, -0.25) is 4.79 Å². The van der Waals surface area contributed by atoms with E-state index in [2.05, 4.69) is 5.32 Å². The molecule has 2 N–H and O–H groups in total. The van der Waals surface area contributed by atoms with Crippen molar-refractivity contribution in [2.75, 3.05) is 5.32 Å². The Morgan fingerprint density at radius 2 is 1.73 bits per heavy atom. The highest BCUT2D eigenvalue weighted by atomic mass is 19.4. The monoisotopic (exact) mass is 415 g/mol. The van der Waals surface area contributed by atoms with E-state index < -0.39 is 23.5 Å². The van der Waals surface area contributed by atoms with Crippen LogP contribution in [-0.2, 0) is 6.18 Å². The van der Waals surface area contributed by atoms with E-state index in [-0.39, 0.29) is 28.0 Å². The predicted octanol–water partition coefficient (Wildman–Crippen LogP) is 6.22. The van der Waals surface area contributed by atoms with Crippen molar-refractivity contribution < 1.29 is 31.9 Å². The third-order valence-corrected chi connectivity index (χ3v) is 4.56. The van der Waals surface area contributed by atoms with E-state index in [0.717, 1.165) is 12.1 Å². The standard InChI is InChI=1S/C22H13F4NO3/c23-14-6-4-12(5-7-14)17-11-18(19(28)16-8-9-30-20(16)17)21(29)27-15-3-1-2-13(10-15)22(24,25)26/h1-11,28H,(H,27,29). The number of hydrogen-bond donors (Lipinski definition) is 2. The van der Waals surface area contributed by atoms with Gasteiger partial charge in [-0.1, -0.05) is 18.2 Å². The van der Waals surface area contributed by atoms with E-state index in [9.17, 15) is 27.5 Å². The number of benzene rings is 3. The lowest BCUT2D eigenvalue weighted by molar-refractivity contribution is -0.137. The molecule has 3 aromatic carbocycles. The molecule has 0 aliphatic heterocycles. The van der Waals surface area contributed by atoms with Crippen LogP contribution in [0.2, 0.25) is 0 Å². The Balaban J connectivity index is 1.76. The fourth-order valence-electron chi connectivity index (χ4n) is 3.12. The molecule has 30 heavy (non-hydrogen) atoms. The van der Waals surface area contributed by atoms with E-state index in [1.165, 1.54) is 54.8 Å². The van der Waals surface area contributed by atoms with Gasteiger partial charge in [-0.25, -0.2) is 4.39 Å². The first kappa shape index (κ1) is 19.5. The summed E-state index contributed by atoms with van der Waals surface area (Å²) in [5, 5.41) is 13.1. The highest BCUT2D eigenvalue weighted by molar-refractivity contribution is 6.12. The van der Waals surface area contributed by atoms with Crippen LogP contribution in [0.1, 0.15) is 15.9 Å². The maximum absolute atomic E-state index is 13.3. The van der Waals surface area contributed by atoms with Crippen LogP contribution in [0.15, 0.2) is 71.3 Å². The van der Waals surface area contributed by atoms with Gasteiger partial charge in [0.15, 0.2) is 0 Å². The number of aromatic hydroxyl groups is 1. The Bertz CT molecular complexity index is 1240. The van der Waals surface area contributed by atoms with Gasteiger partial charge in [-0.2, -0.15) is 13.2 Å². The van der Waals surface area contributed by atoms with Crippen molar-refractivity contribution in [2.45, 2.75) is 6.18 Å². The zero-order valence-corrected chi connectivity index (χ0v) is 15.1. The third-order valence-electron chi connectivity index (χ3n) is 4.56. The number of phenolic OH excluding ortho intramolecular Hbond substituents is 1. The van der Waals surface area contributed by atoms with Crippen molar-refractivity contribution in [3.8, 4) is 16.9 Å². The van der Waals surface area contributed by atoms with Crippen molar-refractivity contribution >= 4 is 22.6 Å². The molecule has 0 aliphatic rings. The number of nitrogens with one attached hydrogen (secondary N) is 1. The molecule has 0 aliphatic carbocycles. The number of furan rings is 1.